The van der Waals surface area contributed by atoms with Crippen molar-refractivity contribution >= 4 is 21.8 Å². The number of para-hydroxylation sites is 1. The topological polar surface area (TPSA) is 70.2 Å². The molecule has 4 heterocycles. The fraction of sp³-hybridized carbons (Fsp3) is 0.0500. The van der Waals surface area contributed by atoms with Gasteiger partial charge in [0.25, 0.3) is 0 Å². The number of rotatable bonds is 2. The lowest BCUT2D eigenvalue weighted by Crippen LogP contribution is -1.88. The monoisotopic (exact) mass is 325 g/mol. The number of aromatic amines is 2. The molecule has 0 fully saturated rings. The van der Waals surface area contributed by atoms with Crippen molar-refractivity contribution in [2.24, 2.45) is 0 Å². The lowest BCUT2D eigenvalue weighted by atomic mass is 10.1. The smallest absolute Gasteiger partial charge is 0.116 e. The van der Waals surface area contributed by atoms with Crippen LogP contribution in [0.15, 0.2) is 61.1 Å². The van der Waals surface area contributed by atoms with Gasteiger partial charge in [-0.05, 0) is 36.8 Å². The van der Waals surface area contributed by atoms with E-state index in [-0.39, 0.29) is 0 Å². The first-order valence-corrected chi connectivity index (χ1v) is 8.13. The van der Waals surface area contributed by atoms with Gasteiger partial charge in [-0.2, -0.15) is 5.10 Å². The Kier molecular flexibility index (Phi) is 2.94. The van der Waals surface area contributed by atoms with E-state index >= 15 is 0 Å². The summed E-state index contributed by atoms with van der Waals surface area (Å²) in [6.45, 7) is 2.07. The van der Waals surface area contributed by atoms with Gasteiger partial charge in [0.2, 0.25) is 0 Å². The summed E-state index contributed by atoms with van der Waals surface area (Å²) in [5.41, 5.74) is 7.00. The quantitative estimate of drug-likeness (QED) is 0.503. The number of pyridine rings is 2. The van der Waals surface area contributed by atoms with E-state index in [1.165, 1.54) is 5.39 Å². The molecular weight excluding hydrogens is 310 g/mol. The number of aryl methyl sites for hydroxylation is 1. The van der Waals surface area contributed by atoms with Crippen molar-refractivity contribution in [1.29, 1.82) is 0 Å². The molecule has 0 unspecified atom stereocenters. The number of aromatic nitrogens is 5. The molecule has 5 heteroatoms. The van der Waals surface area contributed by atoms with Gasteiger partial charge in [-0.3, -0.25) is 15.1 Å². The van der Waals surface area contributed by atoms with Crippen molar-refractivity contribution in [3.8, 4) is 22.6 Å². The van der Waals surface area contributed by atoms with E-state index in [1.54, 1.807) is 6.20 Å². The summed E-state index contributed by atoms with van der Waals surface area (Å²) in [5.74, 6) is 0. The Morgan fingerprint density at radius 1 is 0.960 bits per heavy atom. The highest BCUT2D eigenvalue weighted by Crippen LogP contribution is 2.31. The van der Waals surface area contributed by atoms with E-state index < -0.39 is 0 Å². The summed E-state index contributed by atoms with van der Waals surface area (Å²) in [5, 5.41) is 9.80. The van der Waals surface area contributed by atoms with Gasteiger partial charge in [-0.25, -0.2) is 0 Å². The number of hydrogen-bond acceptors (Lipinski definition) is 3. The number of fused-ring (bicyclic) bond motifs is 2. The van der Waals surface area contributed by atoms with Gasteiger partial charge in [0, 0.05) is 34.2 Å². The molecule has 120 valence electrons. The molecule has 25 heavy (non-hydrogen) atoms. The zero-order valence-electron chi connectivity index (χ0n) is 13.6. The standard InChI is InChI=1S/C20H15N5/c1-12-6-7-21-10-15(12)17-9-14-19(11-22-17)24-25-20(14)18-8-13-4-2-3-5-16(13)23-18/h2-11,23H,1H3,(H,24,25). The van der Waals surface area contributed by atoms with Gasteiger partial charge in [0.15, 0.2) is 0 Å². The van der Waals surface area contributed by atoms with Gasteiger partial charge in [-0.15, -0.1) is 0 Å². The second-order valence-corrected chi connectivity index (χ2v) is 6.15. The summed E-state index contributed by atoms with van der Waals surface area (Å²) < 4.78 is 0. The predicted molar refractivity (Wildman–Crippen MR) is 99.1 cm³/mol. The molecule has 0 radical (unpaired) electrons. The van der Waals surface area contributed by atoms with Crippen LogP contribution in [0.4, 0.5) is 0 Å². The number of hydrogen-bond donors (Lipinski definition) is 2. The Bertz CT molecular complexity index is 1180. The van der Waals surface area contributed by atoms with Gasteiger partial charge in [0.1, 0.15) is 5.69 Å². The molecule has 0 saturated heterocycles. The average molecular weight is 325 g/mol. The van der Waals surface area contributed by atoms with Gasteiger partial charge in [0.05, 0.1) is 23.1 Å². The number of nitrogens with zero attached hydrogens (tertiary/aromatic N) is 3. The molecule has 0 atom stereocenters. The minimum absolute atomic E-state index is 0.899. The van der Waals surface area contributed by atoms with E-state index in [9.17, 15) is 0 Å². The molecule has 2 N–H and O–H groups in total. The maximum Gasteiger partial charge on any atom is 0.116 e. The summed E-state index contributed by atoms with van der Waals surface area (Å²) in [6.07, 6.45) is 5.48. The maximum atomic E-state index is 4.57. The number of H-pyrrole nitrogens is 2. The van der Waals surface area contributed by atoms with Gasteiger partial charge < -0.3 is 4.98 Å². The molecule has 1 aromatic carbocycles. The number of benzene rings is 1. The van der Waals surface area contributed by atoms with Crippen molar-refractivity contribution in [1.82, 2.24) is 25.1 Å². The summed E-state index contributed by atoms with van der Waals surface area (Å²) >= 11 is 0. The maximum absolute atomic E-state index is 4.57. The Morgan fingerprint density at radius 2 is 1.88 bits per heavy atom. The van der Waals surface area contributed by atoms with Crippen LogP contribution in [0.25, 0.3) is 44.5 Å². The highest BCUT2D eigenvalue weighted by Gasteiger charge is 2.13. The van der Waals surface area contributed by atoms with Crippen molar-refractivity contribution in [2.45, 2.75) is 6.92 Å². The first-order valence-electron chi connectivity index (χ1n) is 8.13. The first kappa shape index (κ1) is 13.9. The molecule has 5 rings (SSSR count). The summed E-state index contributed by atoms with van der Waals surface area (Å²) in [7, 11) is 0. The lowest BCUT2D eigenvalue weighted by molar-refractivity contribution is 1.11. The fourth-order valence-electron chi connectivity index (χ4n) is 3.20. The van der Waals surface area contributed by atoms with E-state index in [0.717, 1.165) is 44.6 Å². The summed E-state index contributed by atoms with van der Waals surface area (Å²) in [4.78, 5) is 12.2. The largest absolute Gasteiger partial charge is 0.353 e. The zero-order valence-corrected chi connectivity index (χ0v) is 13.6. The molecule has 0 bridgehead atoms. The third kappa shape index (κ3) is 2.21. The molecule has 0 amide bonds. The van der Waals surface area contributed by atoms with Crippen LogP contribution in [-0.2, 0) is 0 Å². The molecule has 5 aromatic rings. The van der Waals surface area contributed by atoms with Crippen molar-refractivity contribution in [3.05, 3.63) is 66.6 Å². The van der Waals surface area contributed by atoms with Crippen LogP contribution in [0.5, 0.6) is 0 Å². The highest BCUT2D eigenvalue weighted by atomic mass is 15.1. The van der Waals surface area contributed by atoms with Crippen LogP contribution >= 0.6 is 0 Å². The second-order valence-electron chi connectivity index (χ2n) is 6.15. The summed E-state index contributed by atoms with van der Waals surface area (Å²) in [6, 6.07) is 14.4. The van der Waals surface area contributed by atoms with Crippen LogP contribution in [0.3, 0.4) is 0 Å². The fourth-order valence-corrected chi connectivity index (χ4v) is 3.20. The lowest BCUT2D eigenvalue weighted by Gasteiger charge is -2.04. The molecule has 5 nitrogen and oxygen atoms in total. The normalized spacial score (nSPS) is 11.4. The Balaban J connectivity index is 1.71. The minimum atomic E-state index is 0.899. The van der Waals surface area contributed by atoms with Gasteiger partial charge >= 0.3 is 0 Å². The van der Waals surface area contributed by atoms with Gasteiger partial charge in [-0.1, -0.05) is 18.2 Å². The van der Waals surface area contributed by atoms with Crippen LogP contribution < -0.4 is 0 Å². The Hall–Kier alpha value is -3.47. The highest BCUT2D eigenvalue weighted by molar-refractivity contribution is 5.96. The van der Waals surface area contributed by atoms with Crippen molar-refractivity contribution < 1.29 is 0 Å². The van der Waals surface area contributed by atoms with Crippen molar-refractivity contribution in [2.75, 3.05) is 0 Å². The van der Waals surface area contributed by atoms with E-state index in [2.05, 4.69) is 56.3 Å². The van der Waals surface area contributed by atoms with Crippen LogP contribution in [-0.4, -0.2) is 25.1 Å². The Labute approximate surface area is 143 Å². The van der Waals surface area contributed by atoms with Crippen LogP contribution in [0, 0.1) is 6.92 Å². The first-order chi connectivity index (χ1) is 12.3. The van der Waals surface area contributed by atoms with Crippen LogP contribution in [0.2, 0.25) is 0 Å². The minimum Gasteiger partial charge on any atom is -0.353 e. The molecule has 0 aliphatic rings. The zero-order chi connectivity index (χ0) is 16.8. The molecule has 0 saturated carbocycles. The second kappa shape index (κ2) is 5.27. The third-order valence-electron chi connectivity index (χ3n) is 4.55. The average Bonchev–Trinajstić information content (AvgIpc) is 3.25. The molecular formula is C20H15N5. The third-order valence-corrected chi connectivity index (χ3v) is 4.55. The SMILES string of the molecule is Cc1ccncc1-c1cc2c(-c3cc4ccccc4[nH]3)n[nH]c2cn1. The molecule has 0 aliphatic carbocycles. The van der Waals surface area contributed by atoms with E-state index in [4.69, 9.17) is 0 Å². The molecule has 0 spiro atoms. The predicted octanol–water partition coefficient (Wildman–Crippen LogP) is 4.48. The number of nitrogens with one attached hydrogen (secondary N) is 2. The van der Waals surface area contributed by atoms with E-state index in [0.29, 0.717) is 0 Å². The van der Waals surface area contributed by atoms with Crippen LogP contribution in [0.1, 0.15) is 5.56 Å². The molecule has 0 aliphatic heterocycles. The molecule has 4 aromatic heterocycles. The Morgan fingerprint density at radius 3 is 2.76 bits per heavy atom. The van der Waals surface area contributed by atoms with Crippen molar-refractivity contribution in [3.63, 3.8) is 0 Å². The van der Waals surface area contributed by atoms with E-state index in [1.807, 2.05) is 30.6 Å².